The quantitative estimate of drug-likeness (QED) is 0.521. The summed E-state index contributed by atoms with van der Waals surface area (Å²) in [6.07, 6.45) is -2.12. The van der Waals surface area contributed by atoms with Crippen molar-refractivity contribution in [2.75, 3.05) is 26.2 Å². The second-order valence-corrected chi connectivity index (χ2v) is 10.1. The van der Waals surface area contributed by atoms with Gasteiger partial charge in [-0.25, -0.2) is 10.9 Å². The summed E-state index contributed by atoms with van der Waals surface area (Å²) < 4.78 is 41.5. The Morgan fingerprint density at radius 2 is 1.66 bits per heavy atom. The zero-order valence-electron chi connectivity index (χ0n) is 18.9. The third-order valence-electron chi connectivity index (χ3n) is 7.86. The molecule has 3 aliphatic heterocycles. The van der Waals surface area contributed by atoms with Crippen molar-refractivity contribution in [3.63, 3.8) is 0 Å². The van der Waals surface area contributed by atoms with Gasteiger partial charge in [0.25, 0.3) is 5.91 Å². The lowest BCUT2D eigenvalue weighted by atomic mass is 9.82. The Morgan fingerprint density at radius 3 is 2.40 bits per heavy atom. The van der Waals surface area contributed by atoms with E-state index in [9.17, 15) is 22.8 Å². The minimum Gasteiger partial charge on any atom is -0.406 e. The average Bonchev–Trinajstić information content (AvgIpc) is 3.58. The molecule has 1 aromatic heterocycles. The number of aromatic amines is 1. The number of aromatic nitrogens is 1. The van der Waals surface area contributed by atoms with Gasteiger partial charge < -0.3 is 19.5 Å². The van der Waals surface area contributed by atoms with Crippen LogP contribution in [0.2, 0.25) is 0 Å². The number of fused-ring (bicyclic) bond motifs is 3. The van der Waals surface area contributed by atoms with Crippen LogP contribution in [-0.4, -0.2) is 71.2 Å². The topological polar surface area (TPSA) is 102 Å². The van der Waals surface area contributed by atoms with Crippen LogP contribution in [0, 0.1) is 17.8 Å². The van der Waals surface area contributed by atoms with E-state index in [0.29, 0.717) is 48.8 Å². The van der Waals surface area contributed by atoms with Crippen LogP contribution in [0.4, 0.5) is 13.2 Å². The molecule has 4 aliphatic rings. The van der Waals surface area contributed by atoms with Gasteiger partial charge in [0, 0.05) is 66.9 Å². The van der Waals surface area contributed by atoms with Crippen molar-refractivity contribution in [1.82, 2.24) is 31.2 Å². The standard InChI is InChI=1S/C23H27F3N6O3/c24-23(25,26)35-16-2-4-17-13(5-16)7-20(27-17)22(34)32-10-14-8-31(9-15(14)11-32)21(33)12-1-3-18-19(6-12)29-30-28-18/h2,4-5,7,12,14-15,18-19,27-30H,1,3,6,8-11H2/t12?,14-,15-,18?,19?/m0/s1. The van der Waals surface area contributed by atoms with Gasteiger partial charge in [0.2, 0.25) is 5.91 Å². The SMILES string of the molecule is O=C(c1cc2cc(OC(F)(F)F)ccc2[nH]1)N1C[C@@H]2CN(C(=O)C3CCC4NNNC4C3)C[C@H]2C1. The van der Waals surface area contributed by atoms with Crippen molar-refractivity contribution in [1.29, 1.82) is 0 Å². The van der Waals surface area contributed by atoms with Gasteiger partial charge in [-0.2, -0.15) is 5.53 Å². The summed E-state index contributed by atoms with van der Waals surface area (Å²) in [5.74, 6) is 0.216. The van der Waals surface area contributed by atoms with E-state index < -0.39 is 6.36 Å². The third-order valence-corrected chi connectivity index (χ3v) is 7.86. The molecule has 0 bridgehead atoms. The number of nitrogens with one attached hydrogen (secondary N) is 4. The lowest BCUT2D eigenvalue weighted by Crippen LogP contribution is -2.45. The Hall–Kier alpha value is -2.83. The first-order valence-corrected chi connectivity index (χ1v) is 12.0. The van der Waals surface area contributed by atoms with Crippen molar-refractivity contribution in [3.05, 3.63) is 30.0 Å². The number of benzene rings is 1. The van der Waals surface area contributed by atoms with E-state index in [1.807, 2.05) is 4.90 Å². The predicted octanol–water partition coefficient (Wildman–Crippen LogP) is 1.75. The van der Waals surface area contributed by atoms with Crippen LogP contribution in [0.25, 0.3) is 10.9 Å². The normalized spacial score (nSPS) is 30.5. The van der Waals surface area contributed by atoms with Crippen molar-refractivity contribution in [2.45, 2.75) is 37.7 Å². The fraction of sp³-hybridized carbons (Fsp3) is 0.565. The summed E-state index contributed by atoms with van der Waals surface area (Å²) in [7, 11) is 0. The minimum absolute atomic E-state index is 0.0274. The van der Waals surface area contributed by atoms with Crippen LogP contribution >= 0.6 is 0 Å². The van der Waals surface area contributed by atoms with Crippen LogP contribution < -0.4 is 21.1 Å². The summed E-state index contributed by atoms with van der Waals surface area (Å²) in [6.45, 7) is 2.45. The zero-order chi connectivity index (χ0) is 24.3. The van der Waals surface area contributed by atoms with Crippen LogP contribution in [0.1, 0.15) is 29.8 Å². The first-order chi connectivity index (χ1) is 16.7. The minimum atomic E-state index is -4.77. The predicted molar refractivity (Wildman–Crippen MR) is 119 cm³/mol. The van der Waals surface area contributed by atoms with Gasteiger partial charge in [-0.1, -0.05) is 0 Å². The highest BCUT2D eigenvalue weighted by molar-refractivity contribution is 5.98. The largest absolute Gasteiger partial charge is 0.573 e. The number of alkyl halides is 3. The fourth-order valence-corrected chi connectivity index (χ4v) is 6.14. The number of likely N-dealkylation sites (tertiary alicyclic amines) is 2. The van der Waals surface area contributed by atoms with Gasteiger partial charge in [-0.15, -0.1) is 13.2 Å². The van der Waals surface area contributed by atoms with Crippen LogP contribution in [0.5, 0.6) is 5.75 Å². The van der Waals surface area contributed by atoms with Crippen molar-refractivity contribution >= 4 is 22.7 Å². The fourth-order valence-electron chi connectivity index (χ4n) is 6.14. The number of ether oxygens (including phenoxy) is 1. The molecule has 4 N–H and O–H groups in total. The number of amides is 2. The van der Waals surface area contributed by atoms with Crippen molar-refractivity contribution < 1.29 is 27.5 Å². The van der Waals surface area contributed by atoms with E-state index in [0.717, 1.165) is 19.3 Å². The number of hydrogen-bond acceptors (Lipinski definition) is 6. The van der Waals surface area contributed by atoms with Gasteiger partial charge in [-0.05, 0) is 43.5 Å². The number of hydrogen-bond donors (Lipinski definition) is 4. The molecule has 1 saturated carbocycles. The molecule has 188 valence electrons. The maximum atomic E-state index is 13.2. The number of carbonyl (C=O) groups excluding carboxylic acids is 2. The highest BCUT2D eigenvalue weighted by atomic mass is 19.4. The molecule has 0 spiro atoms. The van der Waals surface area contributed by atoms with E-state index in [2.05, 4.69) is 26.1 Å². The Labute approximate surface area is 199 Å². The summed E-state index contributed by atoms with van der Waals surface area (Å²) in [5.41, 5.74) is 10.2. The van der Waals surface area contributed by atoms with Gasteiger partial charge in [0.1, 0.15) is 11.4 Å². The number of nitrogens with zero attached hydrogens (tertiary/aromatic N) is 2. The van der Waals surface area contributed by atoms with Crippen molar-refractivity contribution in [3.8, 4) is 5.75 Å². The maximum absolute atomic E-state index is 13.2. The second-order valence-electron chi connectivity index (χ2n) is 10.1. The molecule has 3 unspecified atom stereocenters. The highest BCUT2D eigenvalue weighted by Gasteiger charge is 2.46. The molecule has 4 fully saturated rings. The molecule has 1 aliphatic carbocycles. The third kappa shape index (κ3) is 4.34. The van der Waals surface area contributed by atoms with Crippen molar-refractivity contribution in [2.24, 2.45) is 17.8 Å². The number of halogens is 3. The van der Waals surface area contributed by atoms with Gasteiger partial charge in [0.15, 0.2) is 0 Å². The molecular formula is C23H27F3N6O3. The highest BCUT2D eigenvalue weighted by Crippen LogP contribution is 2.35. The van der Waals surface area contributed by atoms with Crippen LogP contribution in [-0.2, 0) is 4.79 Å². The monoisotopic (exact) mass is 492 g/mol. The molecule has 2 amide bonds. The molecule has 35 heavy (non-hydrogen) atoms. The van der Waals surface area contributed by atoms with Gasteiger partial charge in [0.05, 0.1) is 0 Å². The lowest BCUT2D eigenvalue weighted by Gasteiger charge is -2.32. The Balaban J connectivity index is 1.07. The molecule has 0 radical (unpaired) electrons. The second kappa shape index (κ2) is 8.38. The molecule has 9 nitrogen and oxygen atoms in total. The lowest BCUT2D eigenvalue weighted by molar-refractivity contribution is -0.274. The molecule has 12 heteroatoms. The van der Waals surface area contributed by atoms with E-state index in [-0.39, 0.29) is 41.4 Å². The molecule has 3 saturated heterocycles. The first-order valence-electron chi connectivity index (χ1n) is 12.0. The Kier molecular flexibility index (Phi) is 5.42. The van der Waals surface area contributed by atoms with Crippen LogP contribution in [0.3, 0.4) is 0 Å². The molecule has 5 atom stereocenters. The number of H-pyrrole nitrogens is 1. The number of rotatable bonds is 3. The summed E-state index contributed by atoms with van der Waals surface area (Å²) in [6, 6.07) is 6.14. The first kappa shape index (κ1) is 22.6. The molecule has 4 heterocycles. The zero-order valence-corrected chi connectivity index (χ0v) is 18.9. The summed E-state index contributed by atoms with van der Waals surface area (Å²) in [4.78, 5) is 33.0. The smallest absolute Gasteiger partial charge is 0.406 e. The van der Waals surface area contributed by atoms with E-state index >= 15 is 0 Å². The maximum Gasteiger partial charge on any atom is 0.573 e. The van der Waals surface area contributed by atoms with E-state index in [1.165, 1.54) is 18.2 Å². The molecule has 1 aromatic carbocycles. The summed E-state index contributed by atoms with van der Waals surface area (Å²) in [5, 5.41) is 0.475. The molecular weight excluding hydrogens is 465 g/mol. The van der Waals surface area contributed by atoms with E-state index in [4.69, 9.17) is 0 Å². The number of hydrazine groups is 2. The molecule has 2 aromatic rings. The Morgan fingerprint density at radius 1 is 0.943 bits per heavy atom. The van der Waals surface area contributed by atoms with Gasteiger partial charge in [-0.3, -0.25) is 9.59 Å². The number of carbonyl (C=O) groups is 2. The Bertz CT molecular complexity index is 1140. The van der Waals surface area contributed by atoms with E-state index in [1.54, 1.807) is 11.0 Å². The average molecular weight is 493 g/mol. The van der Waals surface area contributed by atoms with Crippen LogP contribution in [0.15, 0.2) is 24.3 Å². The van der Waals surface area contributed by atoms with Gasteiger partial charge >= 0.3 is 6.36 Å². The molecule has 6 rings (SSSR count). The summed E-state index contributed by atoms with van der Waals surface area (Å²) >= 11 is 0.